The van der Waals surface area contributed by atoms with Crippen LogP contribution in [0.3, 0.4) is 0 Å². The fourth-order valence-corrected chi connectivity index (χ4v) is 4.34. The minimum absolute atomic E-state index is 0.188. The monoisotopic (exact) mass is 401 g/mol. The number of fused-ring (bicyclic) bond motifs is 1. The van der Waals surface area contributed by atoms with Gasteiger partial charge in [-0.1, -0.05) is 54.2 Å². The van der Waals surface area contributed by atoms with E-state index in [1.54, 1.807) is 23.5 Å². The van der Waals surface area contributed by atoms with Crippen molar-refractivity contribution in [3.05, 3.63) is 72.6 Å². The fourth-order valence-electron chi connectivity index (χ4n) is 3.40. The van der Waals surface area contributed by atoms with Crippen molar-refractivity contribution in [1.82, 2.24) is 19.3 Å². The number of nitrogens with zero attached hydrogens (tertiary/aromatic N) is 4. The van der Waals surface area contributed by atoms with Crippen LogP contribution in [0.1, 0.15) is 10.5 Å². The maximum Gasteiger partial charge on any atom is 0.273 e. The van der Waals surface area contributed by atoms with Gasteiger partial charge in [0.1, 0.15) is 5.69 Å². The second-order valence-electron chi connectivity index (χ2n) is 6.89. The van der Waals surface area contributed by atoms with Crippen LogP contribution in [0.2, 0.25) is 0 Å². The third-order valence-corrected chi connectivity index (χ3v) is 5.89. The molecule has 29 heavy (non-hydrogen) atoms. The van der Waals surface area contributed by atoms with Crippen molar-refractivity contribution in [3.63, 3.8) is 0 Å². The number of thioether (sulfide) groups is 1. The first kappa shape index (κ1) is 17.8. The number of amides is 1. The number of rotatable bonds is 4. The van der Waals surface area contributed by atoms with Crippen LogP contribution in [0.25, 0.3) is 22.5 Å². The Morgan fingerprint density at radius 1 is 1.03 bits per heavy atom. The van der Waals surface area contributed by atoms with Crippen molar-refractivity contribution >= 4 is 23.4 Å². The SMILES string of the molecule is Cn1nc(-c2ccccc2)cc1C(=O)Nc1ccc(-c2cn3c(n2)SCC3)cc1. The summed E-state index contributed by atoms with van der Waals surface area (Å²) in [5.74, 6) is 0.903. The van der Waals surface area contributed by atoms with Crippen molar-refractivity contribution in [2.75, 3.05) is 11.1 Å². The van der Waals surface area contributed by atoms with Crippen LogP contribution in [0, 0.1) is 0 Å². The van der Waals surface area contributed by atoms with E-state index in [0.717, 1.165) is 45.7 Å². The summed E-state index contributed by atoms with van der Waals surface area (Å²) in [6.07, 6.45) is 2.09. The summed E-state index contributed by atoms with van der Waals surface area (Å²) < 4.78 is 3.79. The first-order valence-electron chi connectivity index (χ1n) is 9.38. The molecule has 0 radical (unpaired) electrons. The topological polar surface area (TPSA) is 64.7 Å². The van der Waals surface area contributed by atoms with Gasteiger partial charge in [0.2, 0.25) is 0 Å². The van der Waals surface area contributed by atoms with Gasteiger partial charge in [-0.2, -0.15) is 5.10 Å². The van der Waals surface area contributed by atoms with Crippen LogP contribution in [-0.4, -0.2) is 31.0 Å². The van der Waals surface area contributed by atoms with E-state index in [0.29, 0.717) is 5.69 Å². The van der Waals surface area contributed by atoms with Gasteiger partial charge in [0.05, 0.1) is 11.4 Å². The Kier molecular flexibility index (Phi) is 4.44. The van der Waals surface area contributed by atoms with E-state index in [2.05, 4.69) is 26.2 Å². The van der Waals surface area contributed by atoms with Gasteiger partial charge < -0.3 is 9.88 Å². The number of anilines is 1. The minimum atomic E-state index is -0.188. The van der Waals surface area contributed by atoms with Gasteiger partial charge >= 0.3 is 0 Å². The average Bonchev–Trinajstić information content (AvgIpc) is 3.44. The molecule has 1 N–H and O–H groups in total. The molecule has 0 saturated heterocycles. The lowest BCUT2D eigenvalue weighted by atomic mass is 10.1. The Morgan fingerprint density at radius 2 is 1.79 bits per heavy atom. The van der Waals surface area contributed by atoms with Gasteiger partial charge in [-0.25, -0.2) is 4.98 Å². The Labute approximate surface area is 172 Å². The lowest BCUT2D eigenvalue weighted by molar-refractivity contribution is 0.101. The van der Waals surface area contributed by atoms with E-state index in [-0.39, 0.29) is 5.91 Å². The zero-order valence-corrected chi connectivity index (χ0v) is 16.7. The number of benzene rings is 2. The average molecular weight is 401 g/mol. The van der Waals surface area contributed by atoms with Crippen molar-refractivity contribution < 1.29 is 4.79 Å². The predicted octanol–water partition coefficient (Wildman–Crippen LogP) is 4.31. The molecule has 0 unspecified atom stereocenters. The number of carbonyl (C=O) groups excluding carboxylic acids is 1. The smallest absolute Gasteiger partial charge is 0.273 e. The molecule has 2 aromatic carbocycles. The Hall–Kier alpha value is -3.32. The summed E-state index contributed by atoms with van der Waals surface area (Å²) in [5.41, 5.74) is 5.01. The Bertz CT molecular complexity index is 1160. The molecule has 3 heterocycles. The van der Waals surface area contributed by atoms with Gasteiger partial charge in [-0.3, -0.25) is 9.48 Å². The molecule has 0 spiro atoms. The van der Waals surface area contributed by atoms with Gasteiger partial charge in [0, 0.05) is 42.4 Å². The molecule has 0 fully saturated rings. The molecule has 0 atom stereocenters. The van der Waals surface area contributed by atoms with E-state index >= 15 is 0 Å². The van der Waals surface area contributed by atoms with E-state index < -0.39 is 0 Å². The van der Waals surface area contributed by atoms with Crippen molar-refractivity contribution in [1.29, 1.82) is 0 Å². The Morgan fingerprint density at radius 3 is 2.55 bits per heavy atom. The quantitative estimate of drug-likeness (QED) is 0.553. The molecule has 0 aliphatic carbocycles. The highest BCUT2D eigenvalue weighted by Gasteiger charge is 2.16. The van der Waals surface area contributed by atoms with Crippen LogP contribution in [0.4, 0.5) is 5.69 Å². The molecular weight excluding hydrogens is 382 g/mol. The van der Waals surface area contributed by atoms with Gasteiger partial charge in [0.15, 0.2) is 5.16 Å². The molecule has 0 bridgehead atoms. The lowest BCUT2D eigenvalue weighted by Gasteiger charge is -2.06. The molecule has 5 rings (SSSR count). The fraction of sp³-hybridized carbons (Fsp3) is 0.136. The molecule has 0 saturated carbocycles. The molecule has 1 aliphatic heterocycles. The number of hydrogen-bond donors (Lipinski definition) is 1. The van der Waals surface area contributed by atoms with E-state index in [1.165, 1.54) is 0 Å². The van der Waals surface area contributed by atoms with Crippen LogP contribution < -0.4 is 5.32 Å². The maximum absolute atomic E-state index is 12.7. The Balaban J connectivity index is 1.32. The van der Waals surface area contributed by atoms with Gasteiger partial charge in [-0.05, 0) is 18.2 Å². The highest BCUT2D eigenvalue weighted by atomic mass is 32.2. The molecule has 144 valence electrons. The third kappa shape index (κ3) is 3.45. The van der Waals surface area contributed by atoms with Crippen molar-refractivity contribution in [2.45, 2.75) is 11.7 Å². The normalized spacial score (nSPS) is 12.7. The molecule has 6 nitrogen and oxygen atoms in total. The first-order valence-corrected chi connectivity index (χ1v) is 10.4. The van der Waals surface area contributed by atoms with Crippen LogP contribution in [0.15, 0.2) is 72.0 Å². The number of hydrogen-bond acceptors (Lipinski definition) is 4. The van der Waals surface area contributed by atoms with Crippen molar-refractivity contribution in [2.24, 2.45) is 7.05 Å². The number of nitrogens with one attached hydrogen (secondary N) is 1. The molecule has 4 aromatic rings. The summed E-state index contributed by atoms with van der Waals surface area (Å²) in [6, 6.07) is 19.4. The summed E-state index contributed by atoms with van der Waals surface area (Å²) in [4.78, 5) is 17.4. The van der Waals surface area contributed by atoms with E-state index in [9.17, 15) is 4.79 Å². The standard InChI is InChI=1S/C22H19N5OS/c1-26-20(13-18(25-26)15-5-3-2-4-6-15)21(28)23-17-9-7-16(8-10-17)19-14-27-11-12-29-22(27)24-19/h2-10,13-14H,11-12H2,1H3,(H,23,28). The largest absolute Gasteiger partial charge is 0.325 e. The van der Waals surface area contributed by atoms with Crippen molar-refractivity contribution in [3.8, 4) is 22.5 Å². The van der Waals surface area contributed by atoms with Crippen LogP contribution in [-0.2, 0) is 13.6 Å². The van der Waals surface area contributed by atoms with Gasteiger partial charge in [0.25, 0.3) is 5.91 Å². The first-order chi connectivity index (χ1) is 14.2. The second-order valence-corrected chi connectivity index (χ2v) is 7.95. The molecule has 7 heteroatoms. The van der Waals surface area contributed by atoms with Gasteiger partial charge in [-0.15, -0.1) is 0 Å². The second kappa shape index (κ2) is 7.25. The van der Waals surface area contributed by atoms with E-state index in [4.69, 9.17) is 0 Å². The highest BCUT2D eigenvalue weighted by Crippen LogP contribution is 2.29. The van der Waals surface area contributed by atoms with Crippen LogP contribution in [0.5, 0.6) is 0 Å². The van der Waals surface area contributed by atoms with Crippen LogP contribution >= 0.6 is 11.8 Å². The zero-order valence-electron chi connectivity index (χ0n) is 15.9. The summed E-state index contributed by atoms with van der Waals surface area (Å²) in [5, 5.41) is 8.49. The highest BCUT2D eigenvalue weighted by molar-refractivity contribution is 7.99. The summed E-state index contributed by atoms with van der Waals surface area (Å²) in [6.45, 7) is 1.01. The maximum atomic E-state index is 12.7. The molecular formula is C22H19N5OS. The number of aryl methyl sites for hydroxylation is 2. The molecule has 1 amide bonds. The number of aromatic nitrogens is 4. The molecule has 2 aromatic heterocycles. The minimum Gasteiger partial charge on any atom is -0.325 e. The zero-order chi connectivity index (χ0) is 19.8. The lowest BCUT2D eigenvalue weighted by Crippen LogP contribution is -2.15. The number of carbonyl (C=O) groups is 1. The number of imidazole rings is 1. The van der Waals surface area contributed by atoms with E-state index in [1.807, 2.05) is 60.7 Å². The third-order valence-electron chi connectivity index (χ3n) is 4.92. The molecule has 1 aliphatic rings. The predicted molar refractivity (Wildman–Crippen MR) is 115 cm³/mol. The summed E-state index contributed by atoms with van der Waals surface area (Å²) >= 11 is 1.78. The summed E-state index contributed by atoms with van der Waals surface area (Å²) in [7, 11) is 1.78.